The van der Waals surface area contributed by atoms with Crippen molar-refractivity contribution in [1.29, 1.82) is 0 Å². The van der Waals surface area contributed by atoms with E-state index in [0.29, 0.717) is 0 Å². The summed E-state index contributed by atoms with van der Waals surface area (Å²) in [6.45, 7) is 0. The van der Waals surface area contributed by atoms with Crippen LogP contribution in [0.2, 0.25) is 0 Å². The van der Waals surface area contributed by atoms with Crippen LogP contribution in [0, 0.1) is 0 Å². The Kier molecular flexibility index (Phi) is 9.23. The minimum absolute atomic E-state index is 1.12. The van der Waals surface area contributed by atoms with Crippen LogP contribution in [0.4, 0.5) is 0 Å². The van der Waals surface area contributed by atoms with Crippen molar-refractivity contribution in [1.82, 2.24) is 13.7 Å². The number of aromatic nitrogens is 3. The van der Waals surface area contributed by atoms with Crippen LogP contribution >= 0.6 is 0 Å². The van der Waals surface area contributed by atoms with Crippen molar-refractivity contribution in [3.63, 3.8) is 0 Å². The van der Waals surface area contributed by atoms with Crippen LogP contribution in [0.15, 0.2) is 273 Å². The van der Waals surface area contributed by atoms with E-state index >= 15 is 0 Å². The van der Waals surface area contributed by atoms with Gasteiger partial charge < -0.3 is 13.7 Å². The van der Waals surface area contributed by atoms with E-state index in [1.54, 1.807) is 0 Å². The predicted octanol–water partition coefficient (Wildman–Crippen LogP) is 14.0. The summed E-state index contributed by atoms with van der Waals surface area (Å²) in [5.41, 5.74) is 12.8. The number of hydrogen-bond donors (Lipinski definition) is 0. The van der Waals surface area contributed by atoms with Crippen molar-refractivity contribution in [2.75, 3.05) is 0 Å². The molecule has 0 saturated heterocycles. The lowest BCUT2D eigenvalue weighted by Gasteiger charge is -2.35. The molecule has 0 aliphatic heterocycles. The van der Waals surface area contributed by atoms with Crippen molar-refractivity contribution >= 4 is 94.2 Å². The summed E-state index contributed by atoms with van der Waals surface area (Å²) < 4.78 is 7.64. The summed E-state index contributed by atoms with van der Waals surface area (Å²) in [4.78, 5) is 0. The Bertz CT molecular complexity index is 4130. The molecule has 3 heterocycles. The van der Waals surface area contributed by atoms with Gasteiger partial charge >= 0.3 is 0 Å². The maximum atomic E-state index is 2.62. The van der Waals surface area contributed by atoms with Gasteiger partial charge in [-0.3, -0.25) is 0 Å². The molecule has 3 aromatic heterocycles. The molecule has 3 nitrogen and oxygen atoms in total. The Morgan fingerprint density at radius 1 is 0.257 bits per heavy atom. The molecular weight excluding hydrogens is 863 g/mol. The fourth-order valence-electron chi connectivity index (χ4n) is 12.0. The number of para-hydroxylation sites is 5. The normalized spacial score (nSPS) is 12.0. The first-order valence-electron chi connectivity index (χ1n) is 24.2. The Hall–Kier alpha value is -8.96. The number of benzene rings is 11. The molecule has 0 aliphatic rings. The van der Waals surface area contributed by atoms with Gasteiger partial charge in [-0.1, -0.05) is 224 Å². The first-order valence-corrected chi connectivity index (χ1v) is 26.2. The molecular formula is C66H45N3Si. The van der Waals surface area contributed by atoms with E-state index in [1.807, 2.05) is 0 Å². The second-order valence-electron chi connectivity index (χ2n) is 18.4. The molecule has 0 radical (unpaired) electrons. The fraction of sp³-hybridized carbons (Fsp3) is 0. The number of fused-ring (bicyclic) bond motifs is 9. The third-order valence-electron chi connectivity index (χ3n) is 14.8. The summed E-state index contributed by atoms with van der Waals surface area (Å²) in [5, 5.41) is 12.8. The second kappa shape index (κ2) is 16.1. The first-order chi connectivity index (χ1) is 34.8. The molecule has 14 aromatic rings. The maximum Gasteiger partial charge on any atom is 0.180 e. The molecule has 0 unspecified atom stereocenters. The van der Waals surface area contributed by atoms with Crippen molar-refractivity contribution in [2.24, 2.45) is 0 Å². The average molecular weight is 908 g/mol. The summed E-state index contributed by atoms with van der Waals surface area (Å²) in [5.74, 6) is 0. The Balaban J connectivity index is 1.19. The van der Waals surface area contributed by atoms with Crippen molar-refractivity contribution < 1.29 is 0 Å². The first kappa shape index (κ1) is 40.1. The molecule has 0 N–H and O–H groups in total. The van der Waals surface area contributed by atoms with E-state index < -0.39 is 8.07 Å². The minimum atomic E-state index is -3.05. The monoisotopic (exact) mass is 907 g/mol. The molecule has 4 heteroatoms. The molecule has 11 aromatic carbocycles. The van der Waals surface area contributed by atoms with Crippen LogP contribution in [0.5, 0.6) is 0 Å². The van der Waals surface area contributed by atoms with Crippen LogP contribution in [0.1, 0.15) is 0 Å². The number of hydrogen-bond acceptors (Lipinski definition) is 0. The van der Waals surface area contributed by atoms with E-state index in [-0.39, 0.29) is 0 Å². The minimum Gasteiger partial charge on any atom is -0.307 e. The van der Waals surface area contributed by atoms with Crippen LogP contribution in [0.25, 0.3) is 93.6 Å². The number of nitrogens with zero attached hydrogens (tertiary/aromatic N) is 3. The standard InChI is InChI=1S/C66H45N3Si/c1-5-23-46(24-6-1)47-25-19-26-48(45-47)67-57-38-16-15-35-54(57)55-36-20-43-62(65(55)67)69-60-41-22-44-63(70(49-27-7-2-8-28-49,50-29-9-3-10-30-50)51-31-11-4-12-32-51)64(60)56-37-21-42-61(66(56)69)68-58-39-17-13-33-52(58)53-34-14-18-40-59(53)68/h1-45H. The van der Waals surface area contributed by atoms with E-state index in [2.05, 4.69) is 287 Å². The van der Waals surface area contributed by atoms with E-state index in [1.165, 1.54) is 86.3 Å². The lowest BCUT2D eigenvalue weighted by Crippen LogP contribution is -2.74. The van der Waals surface area contributed by atoms with Crippen LogP contribution < -0.4 is 20.7 Å². The number of rotatable bonds is 8. The zero-order valence-corrected chi connectivity index (χ0v) is 39.3. The SMILES string of the molecule is c1ccc(-c2cccc(-n3c4ccccc4c4cccc(-n5c6cccc([Si](c7ccccc7)(c7ccccc7)c7ccccc7)c6c6cccc(-n7c8ccccc8c8ccccc87)c65)c43)c2)cc1. The zero-order chi connectivity index (χ0) is 46.2. The zero-order valence-electron chi connectivity index (χ0n) is 38.3. The fourth-order valence-corrected chi connectivity index (χ4v) is 17.0. The summed E-state index contributed by atoms with van der Waals surface area (Å²) in [6, 6.07) is 102. The van der Waals surface area contributed by atoms with Gasteiger partial charge in [0.2, 0.25) is 0 Å². The van der Waals surface area contributed by atoms with E-state index in [0.717, 1.165) is 28.1 Å². The van der Waals surface area contributed by atoms with Gasteiger partial charge in [-0.15, -0.1) is 0 Å². The molecule has 14 rings (SSSR count). The molecule has 0 bridgehead atoms. The topological polar surface area (TPSA) is 14.8 Å². The Labute approximate surface area is 407 Å². The third-order valence-corrected chi connectivity index (χ3v) is 19.6. The van der Waals surface area contributed by atoms with Crippen LogP contribution in [-0.2, 0) is 0 Å². The summed E-state index contributed by atoms with van der Waals surface area (Å²) >= 11 is 0. The quantitative estimate of drug-likeness (QED) is 0.107. The van der Waals surface area contributed by atoms with Gasteiger partial charge in [0.05, 0.1) is 44.5 Å². The van der Waals surface area contributed by atoms with Crippen molar-refractivity contribution in [2.45, 2.75) is 0 Å². The largest absolute Gasteiger partial charge is 0.307 e. The molecule has 0 spiro atoms. The Morgan fingerprint density at radius 3 is 1.24 bits per heavy atom. The van der Waals surface area contributed by atoms with Gasteiger partial charge in [-0.25, -0.2) is 0 Å². The lowest BCUT2D eigenvalue weighted by atomic mass is 10.1. The van der Waals surface area contributed by atoms with Crippen molar-refractivity contribution in [3.05, 3.63) is 273 Å². The molecule has 0 atom stereocenters. The summed E-state index contributed by atoms with van der Waals surface area (Å²) in [6.07, 6.45) is 0. The lowest BCUT2D eigenvalue weighted by molar-refractivity contribution is 1.11. The van der Waals surface area contributed by atoms with Gasteiger partial charge in [0.25, 0.3) is 0 Å². The molecule has 328 valence electrons. The van der Waals surface area contributed by atoms with Gasteiger partial charge in [0.15, 0.2) is 8.07 Å². The van der Waals surface area contributed by atoms with Gasteiger partial charge in [0, 0.05) is 38.0 Å². The van der Waals surface area contributed by atoms with E-state index in [9.17, 15) is 0 Å². The van der Waals surface area contributed by atoms with Gasteiger partial charge in [0.1, 0.15) is 0 Å². The third kappa shape index (κ3) is 5.87. The van der Waals surface area contributed by atoms with Crippen molar-refractivity contribution in [3.8, 4) is 28.2 Å². The van der Waals surface area contributed by atoms with Gasteiger partial charge in [-0.2, -0.15) is 0 Å². The summed E-state index contributed by atoms with van der Waals surface area (Å²) in [7, 11) is -3.05. The average Bonchev–Trinajstić information content (AvgIpc) is 4.09. The molecule has 0 fully saturated rings. The second-order valence-corrected chi connectivity index (χ2v) is 22.1. The molecule has 0 aliphatic carbocycles. The van der Waals surface area contributed by atoms with Crippen LogP contribution in [0.3, 0.4) is 0 Å². The van der Waals surface area contributed by atoms with Crippen LogP contribution in [-0.4, -0.2) is 21.8 Å². The highest BCUT2D eigenvalue weighted by molar-refractivity contribution is 7.20. The smallest absolute Gasteiger partial charge is 0.180 e. The highest BCUT2D eigenvalue weighted by Crippen LogP contribution is 2.43. The highest BCUT2D eigenvalue weighted by Gasteiger charge is 2.43. The highest BCUT2D eigenvalue weighted by atomic mass is 28.3. The maximum absolute atomic E-state index is 3.05. The Morgan fingerprint density at radius 2 is 0.657 bits per heavy atom. The molecule has 0 saturated carbocycles. The predicted molar refractivity (Wildman–Crippen MR) is 299 cm³/mol. The van der Waals surface area contributed by atoms with Gasteiger partial charge in [-0.05, 0) is 80.4 Å². The van der Waals surface area contributed by atoms with E-state index in [4.69, 9.17) is 0 Å². The molecule has 0 amide bonds. The molecule has 70 heavy (non-hydrogen) atoms.